The summed E-state index contributed by atoms with van der Waals surface area (Å²) in [6.07, 6.45) is 7.74. The number of rotatable bonds is 18. The Bertz CT molecular complexity index is 859. The Balaban J connectivity index is 0.00000667. The van der Waals surface area contributed by atoms with E-state index < -0.39 is 5.54 Å². The SMILES string of the molecule is C=CCN=C(C(C)NCC(=O)NCCCC(CC)(NCC)C(N)=O)N(C/C=C\C)Cc1ccccc1.CO. The zero-order chi connectivity index (χ0) is 28.8. The van der Waals surface area contributed by atoms with E-state index in [9.17, 15) is 9.59 Å². The second-order valence-corrected chi connectivity index (χ2v) is 8.81. The number of aliphatic hydroxyl groups is 1. The second kappa shape index (κ2) is 21.0. The molecule has 6 N–H and O–H groups in total. The molecule has 0 bridgehead atoms. The van der Waals surface area contributed by atoms with Gasteiger partial charge in [-0.3, -0.25) is 19.9 Å². The van der Waals surface area contributed by atoms with Crippen molar-refractivity contribution in [3.8, 4) is 0 Å². The first kappa shape index (κ1) is 35.0. The number of carbonyl (C=O) groups excluding carboxylic acids is 2. The smallest absolute Gasteiger partial charge is 0.237 e. The van der Waals surface area contributed by atoms with Crippen LogP contribution in [0.1, 0.15) is 52.5 Å². The van der Waals surface area contributed by atoms with Gasteiger partial charge in [-0.2, -0.15) is 0 Å². The van der Waals surface area contributed by atoms with Gasteiger partial charge in [-0.25, -0.2) is 0 Å². The topological polar surface area (TPSA) is 132 Å². The van der Waals surface area contributed by atoms with Crippen LogP contribution in [0.25, 0.3) is 0 Å². The van der Waals surface area contributed by atoms with Crippen molar-refractivity contribution >= 4 is 17.6 Å². The third kappa shape index (κ3) is 13.0. The van der Waals surface area contributed by atoms with Gasteiger partial charge in [0.15, 0.2) is 0 Å². The summed E-state index contributed by atoms with van der Waals surface area (Å²) in [5, 5.41) is 16.5. The first-order valence-corrected chi connectivity index (χ1v) is 13.4. The Morgan fingerprint density at radius 2 is 1.92 bits per heavy atom. The summed E-state index contributed by atoms with van der Waals surface area (Å²) >= 11 is 0. The predicted octanol–water partition coefficient (Wildman–Crippen LogP) is 2.38. The van der Waals surface area contributed by atoms with E-state index in [2.05, 4.69) is 45.6 Å². The molecule has 38 heavy (non-hydrogen) atoms. The van der Waals surface area contributed by atoms with E-state index in [0.717, 1.165) is 12.9 Å². The molecule has 2 atom stereocenters. The van der Waals surface area contributed by atoms with Gasteiger partial charge in [-0.1, -0.05) is 62.4 Å². The number of benzene rings is 1. The van der Waals surface area contributed by atoms with E-state index in [1.165, 1.54) is 5.56 Å². The number of aliphatic imine (C=N–C) groups is 1. The first-order valence-electron chi connectivity index (χ1n) is 13.4. The molecule has 9 nitrogen and oxygen atoms in total. The molecular weight excluding hydrogens is 480 g/mol. The van der Waals surface area contributed by atoms with Crippen molar-refractivity contribution in [1.29, 1.82) is 0 Å². The van der Waals surface area contributed by atoms with Crippen LogP contribution >= 0.6 is 0 Å². The third-order valence-corrected chi connectivity index (χ3v) is 6.13. The number of nitrogens with one attached hydrogen (secondary N) is 3. The minimum atomic E-state index is -0.724. The number of likely N-dealkylation sites (N-methyl/N-ethyl adjacent to an activating group) is 1. The number of primary amides is 1. The van der Waals surface area contributed by atoms with Crippen LogP contribution in [0.15, 0.2) is 60.1 Å². The fourth-order valence-corrected chi connectivity index (χ4v) is 4.08. The number of amides is 2. The average Bonchev–Trinajstić information content (AvgIpc) is 2.93. The molecule has 0 spiro atoms. The molecular formula is C29H50N6O3. The summed E-state index contributed by atoms with van der Waals surface area (Å²) in [5.41, 5.74) is 6.10. The summed E-state index contributed by atoms with van der Waals surface area (Å²) in [6, 6.07) is 10.1. The van der Waals surface area contributed by atoms with Gasteiger partial charge in [0, 0.05) is 26.7 Å². The highest BCUT2D eigenvalue weighted by molar-refractivity contribution is 5.88. The van der Waals surface area contributed by atoms with E-state index in [1.54, 1.807) is 6.08 Å². The van der Waals surface area contributed by atoms with Gasteiger partial charge in [0.05, 0.1) is 24.7 Å². The molecule has 0 heterocycles. The quantitative estimate of drug-likeness (QED) is 0.0857. The monoisotopic (exact) mass is 530 g/mol. The van der Waals surface area contributed by atoms with E-state index in [-0.39, 0.29) is 24.4 Å². The minimum Gasteiger partial charge on any atom is -0.400 e. The second-order valence-electron chi connectivity index (χ2n) is 8.81. The summed E-state index contributed by atoms with van der Waals surface area (Å²) < 4.78 is 0. The van der Waals surface area contributed by atoms with E-state index >= 15 is 0 Å². The van der Waals surface area contributed by atoms with Crippen molar-refractivity contribution in [2.75, 3.05) is 39.8 Å². The predicted molar refractivity (Wildman–Crippen MR) is 158 cm³/mol. The van der Waals surface area contributed by atoms with Crippen molar-refractivity contribution in [2.45, 2.75) is 65.1 Å². The lowest BCUT2D eigenvalue weighted by molar-refractivity contribution is -0.124. The Morgan fingerprint density at radius 1 is 1.24 bits per heavy atom. The lowest BCUT2D eigenvalue weighted by Crippen LogP contribution is -2.55. The van der Waals surface area contributed by atoms with Crippen LogP contribution in [0, 0.1) is 0 Å². The summed E-state index contributed by atoms with van der Waals surface area (Å²) in [5.74, 6) is 0.431. The molecule has 0 fully saturated rings. The maximum Gasteiger partial charge on any atom is 0.237 e. The molecule has 9 heteroatoms. The molecule has 1 aromatic rings. The van der Waals surface area contributed by atoms with Crippen LogP contribution in [0.5, 0.6) is 0 Å². The molecule has 2 amide bonds. The molecule has 0 saturated heterocycles. The highest BCUT2D eigenvalue weighted by Crippen LogP contribution is 2.16. The summed E-state index contributed by atoms with van der Waals surface area (Å²) in [4.78, 5) is 31.4. The van der Waals surface area contributed by atoms with Gasteiger partial charge in [-0.05, 0) is 45.2 Å². The standard InChI is InChI=1S/C28H46N6O2.CH4O/c1-6-10-20-34(22-24-15-12-11-13-16-24)26(31-18-7-2)23(5)32-21-25(35)30-19-14-17-28(8-3,27(29)36)33-9-4;1-2/h6-7,10-13,15-16,23,32-33H,2,8-9,14,17-22H2,1,3-5H3,(H2,29,36)(H,30,35);2H,1H3/b10-6-,31-26?;. The summed E-state index contributed by atoms with van der Waals surface area (Å²) in [7, 11) is 1.00. The number of hydrogen-bond donors (Lipinski definition) is 5. The number of aliphatic hydroxyl groups excluding tert-OH is 1. The van der Waals surface area contributed by atoms with Crippen LogP contribution < -0.4 is 21.7 Å². The normalized spacial score (nSPS) is 13.7. The molecule has 1 rings (SSSR count). The maximum absolute atomic E-state index is 12.5. The minimum absolute atomic E-state index is 0.0994. The number of nitrogens with two attached hydrogens (primary N) is 1. The number of nitrogens with zero attached hydrogens (tertiary/aromatic N) is 2. The van der Waals surface area contributed by atoms with Crippen molar-refractivity contribution in [1.82, 2.24) is 20.9 Å². The van der Waals surface area contributed by atoms with E-state index in [1.807, 2.05) is 52.0 Å². The first-order chi connectivity index (χ1) is 18.3. The fraction of sp³-hybridized carbons (Fsp3) is 0.552. The summed E-state index contributed by atoms with van der Waals surface area (Å²) in [6.45, 7) is 14.9. The highest BCUT2D eigenvalue weighted by atomic mass is 16.2. The lowest BCUT2D eigenvalue weighted by atomic mass is 9.89. The van der Waals surface area contributed by atoms with Crippen LogP contribution in [0.4, 0.5) is 0 Å². The number of allylic oxidation sites excluding steroid dienone is 1. The van der Waals surface area contributed by atoms with Gasteiger partial charge in [0.2, 0.25) is 11.8 Å². The van der Waals surface area contributed by atoms with E-state index in [4.69, 9.17) is 15.8 Å². The molecule has 0 aliphatic heterocycles. The maximum atomic E-state index is 12.5. The third-order valence-electron chi connectivity index (χ3n) is 6.13. The molecule has 0 saturated carbocycles. The average molecular weight is 531 g/mol. The Kier molecular flexibility index (Phi) is 19.3. The number of carbonyl (C=O) groups is 2. The molecule has 2 unspecified atom stereocenters. The Morgan fingerprint density at radius 3 is 2.47 bits per heavy atom. The van der Waals surface area contributed by atoms with Gasteiger partial charge >= 0.3 is 0 Å². The fourth-order valence-electron chi connectivity index (χ4n) is 4.08. The highest BCUT2D eigenvalue weighted by Gasteiger charge is 2.32. The van der Waals surface area contributed by atoms with Gasteiger partial charge in [0.1, 0.15) is 5.84 Å². The zero-order valence-electron chi connectivity index (χ0n) is 24.0. The molecule has 214 valence electrons. The molecule has 0 radical (unpaired) electrons. The van der Waals surface area contributed by atoms with Gasteiger partial charge in [0.25, 0.3) is 0 Å². The van der Waals surface area contributed by atoms with E-state index in [0.29, 0.717) is 52.0 Å². The van der Waals surface area contributed by atoms with Crippen LogP contribution in [0.3, 0.4) is 0 Å². The van der Waals surface area contributed by atoms with Crippen molar-refractivity contribution in [3.63, 3.8) is 0 Å². The van der Waals surface area contributed by atoms with Crippen LogP contribution in [0.2, 0.25) is 0 Å². The lowest BCUT2D eigenvalue weighted by Gasteiger charge is -2.30. The largest absolute Gasteiger partial charge is 0.400 e. The van der Waals surface area contributed by atoms with Crippen molar-refractivity contribution < 1.29 is 14.7 Å². The number of hydrogen-bond acceptors (Lipinski definition) is 6. The zero-order valence-corrected chi connectivity index (χ0v) is 24.0. The molecule has 1 aromatic carbocycles. The molecule has 0 aliphatic carbocycles. The van der Waals surface area contributed by atoms with Gasteiger partial charge < -0.3 is 26.4 Å². The number of amidine groups is 1. The Hall–Kier alpha value is -3.01. The van der Waals surface area contributed by atoms with Crippen molar-refractivity contribution in [3.05, 3.63) is 60.7 Å². The molecule has 0 aliphatic rings. The van der Waals surface area contributed by atoms with Crippen LogP contribution in [-0.2, 0) is 16.1 Å². The van der Waals surface area contributed by atoms with Crippen molar-refractivity contribution in [2.24, 2.45) is 10.7 Å². The van der Waals surface area contributed by atoms with Gasteiger partial charge in [-0.15, -0.1) is 6.58 Å². The van der Waals surface area contributed by atoms with Crippen LogP contribution in [-0.4, -0.2) is 79.1 Å². The Labute approximate surface area is 229 Å². The molecule has 0 aromatic heterocycles.